The van der Waals surface area contributed by atoms with Crippen molar-refractivity contribution in [3.63, 3.8) is 0 Å². The van der Waals surface area contributed by atoms with Crippen LogP contribution in [0.5, 0.6) is 0 Å². The van der Waals surface area contributed by atoms with E-state index in [4.69, 9.17) is 11.6 Å². The van der Waals surface area contributed by atoms with Crippen molar-refractivity contribution < 1.29 is 18.0 Å². The molecule has 6 rings (SSSR count). The van der Waals surface area contributed by atoms with Crippen LogP contribution in [-0.2, 0) is 26.0 Å². The van der Waals surface area contributed by atoms with Crippen LogP contribution in [0.4, 0.5) is 11.4 Å². The molecule has 0 spiro atoms. The first-order chi connectivity index (χ1) is 18.7. The largest absolute Gasteiger partial charge is 0.368 e. The monoisotopic (exact) mass is 570 g/mol. The van der Waals surface area contributed by atoms with E-state index in [2.05, 4.69) is 4.90 Å². The maximum absolute atomic E-state index is 13.5. The number of nitrogens with zero attached hydrogens (tertiary/aromatic N) is 4. The number of carbonyl (C=O) groups is 2. The quantitative estimate of drug-likeness (QED) is 0.546. The summed E-state index contributed by atoms with van der Waals surface area (Å²) in [5.74, 6) is 0.268. The molecule has 2 amide bonds. The number of carbonyl (C=O) groups excluding carboxylic acids is 2. The van der Waals surface area contributed by atoms with Crippen LogP contribution in [0.1, 0.15) is 38.2 Å². The lowest BCUT2D eigenvalue weighted by molar-refractivity contribution is -0.137. The van der Waals surface area contributed by atoms with Gasteiger partial charge in [-0.25, -0.2) is 8.42 Å². The third kappa shape index (κ3) is 5.16. The van der Waals surface area contributed by atoms with Crippen LogP contribution in [0.3, 0.4) is 0 Å². The van der Waals surface area contributed by atoms with Crippen LogP contribution in [0.15, 0.2) is 47.4 Å². The Morgan fingerprint density at radius 2 is 1.46 bits per heavy atom. The molecule has 0 bridgehead atoms. The van der Waals surface area contributed by atoms with Crippen molar-refractivity contribution in [1.29, 1.82) is 0 Å². The molecule has 0 radical (unpaired) electrons. The van der Waals surface area contributed by atoms with E-state index in [-0.39, 0.29) is 34.6 Å². The molecule has 1 saturated carbocycles. The van der Waals surface area contributed by atoms with Crippen molar-refractivity contribution in [3.05, 3.63) is 53.1 Å². The summed E-state index contributed by atoms with van der Waals surface area (Å²) in [6.07, 6.45) is 3.62. The lowest BCUT2D eigenvalue weighted by Crippen LogP contribution is -2.52. The van der Waals surface area contributed by atoms with Crippen LogP contribution in [0.2, 0.25) is 5.02 Å². The molecule has 2 saturated heterocycles. The van der Waals surface area contributed by atoms with Crippen LogP contribution in [0.25, 0.3) is 0 Å². The number of anilines is 2. The number of benzene rings is 2. The molecule has 1 aliphatic carbocycles. The molecule has 3 aliphatic heterocycles. The van der Waals surface area contributed by atoms with E-state index in [1.807, 2.05) is 41.0 Å². The topological polar surface area (TPSA) is 81.2 Å². The van der Waals surface area contributed by atoms with Crippen molar-refractivity contribution in [2.24, 2.45) is 11.8 Å². The zero-order valence-corrected chi connectivity index (χ0v) is 23.8. The maximum Gasteiger partial charge on any atom is 0.243 e. The van der Waals surface area contributed by atoms with Gasteiger partial charge in [0.2, 0.25) is 21.8 Å². The SMILES string of the molecule is C[C@@H]1Cc2cc(S(=O)(=O)N3CCC(C(=O)N4CCN(c5ccc(Cl)cc5)CC4)CC3)ccc2N1C(=O)C1CC1. The van der Waals surface area contributed by atoms with Gasteiger partial charge in [-0.3, -0.25) is 9.59 Å². The minimum absolute atomic E-state index is 0.0425. The number of hydrogen-bond acceptors (Lipinski definition) is 5. The van der Waals surface area contributed by atoms with E-state index < -0.39 is 10.0 Å². The highest BCUT2D eigenvalue weighted by Crippen LogP contribution is 2.40. The molecule has 2 aromatic rings. The van der Waals surface area contributed by atoms with E-state index in [0.29, 0.717) is 50.5 Å². The van der Waals surface area contributed by atoms with Gasteiger partial charge >= 0.3 is 0 Å². The summed E-state index contributed by atoms with van der Waals surface area (Å²) in [5, 5.41) is 0.707. The molecule has 8 nitrogen and oxygen atoms in total. The van der Waals surface area contributed by atoms with Gasteiger partial charge in [0.1, 0.15) is 0 Å². The van der Waals surface area contributed by atoms with Gasteiger partial charge < -0.3 is 14.7 Å². The summed E-state index contributed by atoms with van der Waals surface area (Å²) in [4.78, 5) is 32.3. The molecule has 10 heteroatoms. The number of rotatable bonds is 5. The lowest BCUT2D eigenvalue weighted by atomic mass is 9.96. The maximum atomic E-state index is 13.5. The average Bonchev–Trinajstić information content (AvgIpc) is 3.75. The highest BCUT2D eigenvalue weighted by molar-refractivity contribution is 7.89. The molecule has 4 aliphatic rings. The Hall–Kier alpha value is -2.62. The molecule has 3 heterocycles. The molecule has 208 valence electrons. The standard InChI is InChI=1S/C29H35ClN4O4S/c1-20-18-23-19-26(8-9-27(23)34(20)29(36)21-2-3-21)39(37,38)33-12-10-22(11-13-33)28(35)32-16-14-31(15-17-32)25-6-4-24(30)5-7-25/h4-9,19-22H,2-3,10-18H2,1H3/t20-/m1/s1. The van der Waals surface area contributed by atoms with E-state index in [0.717, 1.165) is 42.9 Å². The zero-order chi connectivity index (χ0) is 27.3. The number of amides is 2. The fourth-order valence-electron chi connectivity index (χ4n) is 6.22. The minimum Gasteiger partial charge on any atom is -0.368 e. The summed E-state index contributed by atoms with van der Waals surface area (Å²) < 4.78 is 28.5. The number of hydrogen-bond donors (Lipinski definition) is 0. The number of halogens is 1. The van der Waals surface area contributed by atoms with Crippen molar-refractivity contribution in [1.82, 2.24) is 9.21 Å². The first-order valence-corrected chi connectivity index (χ1v) is 15.8. The Bertz CT molecular complexity index is 1360. The summed E-state index contributed by atoms with van der Waals surface area (Å²) in [6, 6.07) is 13.0. The van der Waals surface area contributed by atoms with Gasteiger partial charge in [-0.2, -0.15) is 4.31 Å². The van der Waals surface area contributed by atoms with Crippen LogP contribution in [0, 0.1) is 11.8 Å². The second-order valence-electron chi connectivity index (χ2n) is 11.3. The van der Waals surface area contributed by atoms with E-state index in [1.54, 1.807) is 18.2 Å². The van der Waals surface area contributed by atoms with Gasteiger partial charge in [0.25, 0.3) is 0 Å². The predicted octanol–water partition coefficient (Wildman–Crippen LogP) is 3.78. The van der Waals surface area contributed by atoms with E-state index in [1.165, 1.54) is 4.31 Å². The highest BCUT2D eigenvalue weighted by Gasteiger charge is 2.40. The third-order valence-corrected chi connectivity index (χ3v) is 10.8. The normalized spacial score (nSPS) is 22.7. The second-order valence-corrected chi connectivity index (χ2v) is 13.7. The van der Waals surface area contributed by atoms with Crippen LogP contribution < -0.4 is 9.80 Å². The zero-order valence-electron chi connectivity index (χ0n) is 22.3. The van der Waals surface area contributed by atoms with Crippen molar-refractivity contribution in [3.8, 4) is 0 Å². The summed E-state index contributed by atoms with van der Waals surface area (Å²) in [7, 11) is -3.67. The Morgan fingerprint density at radius 3 is 2.10 bits per heavy atom. The van der Waals surface area contributed by atoms with Crippen molar-refractivity contribution in [2.45, 2.75) is 50.0 Å². The first kappa shape index (κ1) is 26.6. The molecule has 0 N–H and O–H groups in total. The number of fused-ring (bicyclic) bond motifs is 1. The molecule has 0 unspecified atom stereocenters. The van der Waals surface area contributed by atoms with Crippen molar-refractivity contribution >= 4 is 44.8 Å². The number of sulfonamides is 1. The molecule has 3 fully saturated rings. The van der Waals surface area contributed by atoms with Crippen LogP contribution >= 0.6 is 11.6 Å². The molecular formula is C29H35ClN4O4S. The molecule has 39 heavy (non-hydrogen) atoms. The Kier molecular flexibility index (Phi) is 7.10. The molecule has 2 aromatic carbocycles. The Balaban J connectivity index is 1.05. The Morgan fingerprint density at radius 1 is 0.821 bits per heavy atom. The number of piperidine rings is 1. The first-order valence-electron chi connectivity index (χ1n) is 14.0. The predicted molar refractivity (Wildman–Crippen MR) is 152 cm³/mol. The van der Waals surface area contributed by atoms with Crippen molar-refractivity contribution in [2.75, 3.05) is 49.1 Å². The van der Waals surface area contributed by atoms with E-state index in [9.17, 15) is 18.0 Å². The molecule has 0 aromatic heterocycles. The smallest absolute Gasteiger partial charge is 0.243 e. The van der Waals surface area contributed by atoms with Gasteiger partial charge in [-0.1, -0.05) is 11.6 Å². The van der Waals surface area contributed by atoms with Gasteiger partial charge in [-0.15, -0.1) is 0 Å². The minimum atomic E-state index is -3.67. The summed E-state index contributed by atoms with van der Waals surface area (Å²) in [5.41, 5.74) is 2.87. The fourth-order valence-corrected chi connectivity index (χ4v) is 7.86. The second kappa shape index (κ2) is 10.4. The lowest BCUT2D eigenvalue weighted by Gasteiger charge is -2.39. The Labute approximate surface area is 235 Å². The van der Waals surface area contributed by atoms with Crippen LogP contribution in [-0.4, -0.2) is 74.7 Å². The van der Waals surface area contributed by atoms with Gasteiger partial charge in [0, 0.05) is 73.5 Å². The highest BCUT2D eigenvalue weighted by atomic mass is 35.5. The van der Waals surface area contributed by atoms with E-state index >= 15 is 0 Å². The van der Waals surface area contributed by atoms with Gasteiger partial charge in [0.15, 0.2) is 0 Å². The molecular weight excluding hydrogens is 536 g/mol. The fraction of sp³-hybridized carbons (Fsp3) is 0.517. The summed E-state index contributed by atoms with van der Waals surface area (Å²) >= 11 is 6.00. The van der Waals surface area contributed by atoms with Gasteiger partial charge in [-0.05, 0) is 87.1 Å². The average molecular weight is 571 g/mol. The van der Waals surface area contributed by atoms with Gasteiger partial charge in [0.05, 0.1) is 4.90 Å². The molecule has 1 atom stereocenters. The third-order valence-electron chi connectivity index (χ3n) is 8.65. The number of piperazine rings is 1. The summed E-state index contributed by atoms with van der Waals surface area (Å²) in [6.45, 7) is 5.55.